The van der Waals surface area contributed by atoms with Gasteiger partial charge in [-0.05, 0) is 51.8 Å². The zero-order valence-electron chi connectivity index (χ0n) is 18.6. The molecule has 178 valence electrons. The minimum atomic E-state index is -3.85. The van der Waals surface area contributed by atoms with E-state index in [2.05, 4.69) is 5.32 Å². The monoisotopic (exact) mass is 487 g/mol. The summed E-state index contributed by atoms with van der Waals surface area (Å²) in [5.74, 6) is -1.70. The fourth-order valence-corrected chi connectivity index (χ4v) is 5.31. The van der Waals surface area contributed by atoms with E-state index in [0.717, 1.165) is 19.3 Å². The number of ether oxygens (including phenoxy) is 1. The summed E-state index contributed by atoms with van der Waals surface area (Å²) < 4.78 is 32.3. The van der Waals surface area contributed by atoms with Gasteiger partial charge < -0.3 is 15.0 Å². The van der Waals surface area contributed by atoms with Gasteiger partial charge in [0.05, 0.1) is 17.1 Å². The lowest BCUT2D eigenvalue weighted by Gasteiger charge is -2.26. The van der Waals surface area contributed by atoms with Gasteiger partial charge in [0.1, 0.15) is 4.90 Å². The topological polar surface area (TPSA) is 113 Å². The number of carbonyl (C=O) groups is 3. The normalized spacial score (nSPS) is 14.8. The highest BCUT2D eigenvalue weighted by atomic mass is 35.5. The standard InChI is InChI=1S/C21H30ClN3O6S/c1-4-24(13-19(26)23-15(2)3)20(27)14-31-21(28)16-8-9-17(22)18(12-16)32(29,30)25-10-6-5-7-11-25/h8-9,12,15H,4-7,10-11,13-14H2,1-3H3,(H,23,26). The molecule has 1 saturated heterocycles. The largest absolute Gasteiger partial charge is 0.452 e. The van der Waals surface area contributed by atoms with Crippen LogP contribution in [-0.4, -0.2) is 74.2 Å². The highest BCUT2D eigenvalue weighted by Gasteiger charge is 2.29. The van der Waals surface area contributed by atoms with Crippen LogP contribution in [0.2, 0.25) is 5.02 Å². The van der Waals surface area contributed by atoms with Crippen molar-refractivity contribution in [3.05, 3.63) is 28.8 Å². The third-order valence-corrected chi connectivity index (χ3v) is 7.33. The first-order valence-electron chi connectivity index (χ1n) is 10.6. The Balaban J connectivity index is 2.06. The van der Waals surface area contributed by atoms with E-state index in [0.29, 0.717) is 13.1 Å². The summed E-state index contributed by atoms with van der Waals surface area (Å²) in [5.41, 5.74) is -0.0293. The molecule has 9 nitrogen and oxygen atoms in total. The number of esters is 1. The van der Waals surface area contributed by atoms with Crippen LogP contribution in [0.3, 0.4) is 0 Å². The number of likely N-dealkylation sites (N-methyl/N-ethyl adjacent to an activating group) is 1. The molecule has 0 atom stereocenters. The summed E-state index contributed by atoms with van der Waals surface area (Å²) in [6.07, 6.45) is 2.50. The molecule has 1 aliphatic heterocycles. The molecule has 11 heteroatoms. The minimum absolute atomic E-state index is 0.0107. The van der Waals surface area contributed by atoms with E-state index in [1.165, 1.54) is 27.4 Å². The molecule has 2 amide bonds. The summed E-state index contributed by atoms with van der Waals surface area (Å²) in [5, 5.41) is 2.70. The Hall–Kier alpha value is -2.17. The first-order valence-corrected chi connectivity index (χ1v) is 12.4. The quantitative estimate of drug-likeness (QED) is 0.533. The van der Waals surface area contributed by atoms with Gasteiger partial charge in [-0.3, -0.25) is 9.59 Å². The average Bonchev–Trinajstić information content (AvgIpc) is 2.75. The summed E-state index contributed by atoms with van der Waals surface area (Å²) in [6, 6.07) is 3.78. The van der Waals surface area contributed by atoms with E-state index in [4.69, 9.17) is 16.3 Å². The van der Waals surface area contributed by atoms with Gasteiger partial charge in [0.2, 0.25) is 15.9 Å². The number of nitrogens with zero attached hydrogens (tertiary/aromatic N) is 2. The molecule has 0 aromatic heterocycles. The fraction of sp³-hybridized carbons (Fsp3) is 0.571. The maximum Gasteiger partial charge on any atom is 0.338 e. The van der Waals surface area contributed by atoms with Gasteiger partial charge in [-0.15, -0.1) is 0 Å². The second-order valence-corrected chi connectivity index (χ2v) is 10.1. The van der Waals surface area contributed by atoms with Crippen LogP contribution in [0.4, 0.5) is 0 Å². The molecule has 0 unspecified atom stereocenters. The number of rotatable bonds is 9. The molecule has 0 radical (unpaired) electrons. The summed E-state index contributed by atoms with van der Waals surface area (Å²) in [4.78, 5) is 37.8. The van der Waals surface area contributed by atoms with Crippen LogP contribution in [0.1, 0.15) is 50.4 Å². The number of benzene rings is 1. The van der Waals surface area contributed by atoms with Crippen LogP contribution in [0.25, 0.3) is 0 Å². The summed E-state index contributed by atoms with van der Waals surface area (Å²) >= 11 is 6.12. The molecule has 1 aromatic rings. The van der Waals surface area contributed by atoms with Gasteiger partial charge in [-0.25, -0.2) is 13.2 Å². The molecular formula is C21H30ClN3O6S. The smallest absolute Gasteiger partial charge is 0.338 e. The first-order chi connectivity index (χ1) is 15.1. The molecule has 0 aliphatic carbocycles. The summed E-state index contributed by atoms with van der Waals surface area (Å²) in [7, 11) is -3.85. The zero-order valence-corrected chi connectivity index (χ0v) is 20.2. The van der Waals surface area contributed by atoms with Crippen molar-refractivity contribution < 1.29 is 27.5 Å². The van der Waals surface area contributed by atoms with Gasteiger partial charge >= 0.3 is 5.97 Å². The Morgan fingerprint density at radius 2 is 1.84 bits per heavy atom. The Morgan fingerprint density at radius 3 is 2.44 bits per heavy atom. The van der Waals surface area contributed by atoms with Crippen molar-refractivity contribution in [2.45, 2.75) is 51.0 Å². The molecule has 0 bridgehead atoms. The highest BCUT2D eigenvalue weighted by Crippen LogP contribution is 2.28. The van der Waals surface area contributed by atoms with Gasteiger partial charge in [-0.2, -0.15) is 4.31 Å². The molecule has 0 spiro atoms. The number of sulfonamides is 1. The molecule has 2 rings (SSSR count). The molecular weight excluding hydrogens is 458 g/mol. The zero-order chi connectivity index (χ0) is 23.9. The Kier molecular flexibility index (Phi) is 9.47. The van der Waals surface area contributed by atoms with Crippen LogP contribution in [-0.2, 0) is 24.3 Å². The van der Waals surface area contributed by atoms with E-state index in [-0.39, 0.29) is 40.5 Å². The third kappa shape index (κ3) is 6.91. The number of halogens is 1. The van der Waals surface area contributed by atoms with Gasteiger partial charge in [0.15, 0.2) is 6.61 Å². The first kappa shape index (κ1) is 26.1. The molecule has 1 aromatic carbocycles. The molecule has 32 heavy (non-hydrogen) atoms. The second-order valence-electron chi connectivity index (χ2n) is 7.82. The van der Waals surface area contributed by atoms with Gasteiger partial charge in [-0.1, -0.05) is 18.0 Å². The van der Waals surface area contributed by atoms with E-state index < -0.39 is 28.5 Å². The SMILES string of the molecule is CCN(CC(=O)NC(C)C)C(=O)COC(=O)c1ccc(Cl)c(S(=O)(=O)N2CCCCC2)c1. The van der Waals surface area contributed by atoms with Crippen molar-refractivity contribution in [2.75, 3.05) is 32.8 Å². The van der Waals surface area contributed by atoms with Crippen molar-refractivity contribution in [3.8, 4) is 0 Å². The van der Waals surface area contributed by atoms with Crippen LogP contribution in [0, 0.1) is 0 Å². The lowest BCUT2D eigenvalue weighted by Crippen LogP contribution is -2.44. The number of piperidine rings is 1. The second kappa shape index (κ2) is 11.6. The molecule has 1 fully saturated rings. The average molecular weight is 488 g/mol. The van der Waals surface area contributed by atoms with Gasteiger partial charge in [0, 0.05) is 25.7 Å². The summed E-state index contributed by atoms with van der Waals surface area (Å²) in [6.45, 7) is 5.68. The van der Waals surface area contributed by atoms with Crippen molar-refractivity contribution >= 4 is 39.4 Å². The molecule has 1 N–H and O–H groups in total. The number of carbonyl (C=O) groups excluding carboxylic acids is 3. The maximum absolute atomic E-state index is 12.9. The fourth-order valence-electron chi connectivity index (χ4n) is 3.29. The number of amides is 2. The lowest BCUT2D eigenvalue weighted by molar-refractivity contribution is -0.138. The Morgan fingerprint density at radius 1 is 1.19 bits per heavy atom. The Bertz CT molecular complexity index is 945. The predicted molar refractivity (Wildman–Crippen MR) is 120 cm³/mol. The predicted octanol–water partition coefficient (Wildman–Crippen LogP) is 2.04. The number of nitrogens with one attached hydrogen (secondary N) is 1. The van der Waals surface area contributed by atoms with Crippen molar-refractivity contribution in [3.63, 3.8) is 0 Å². The molecule has 1 heterocycles. The van der Waals surface area contributed by atoms with E-state index in [1.54, 1.807) is 6.92 Å². The highest BCUT2D eigenvalue weighted by molar-refractivity contribution is 7.89. The minimum Gasteiger partial charge on any atom is -0.452 e. The number of hydrogen-bond acceptors (Lipinski definition) is 6. The van der Waals surface area contributed by atoms with Crippen LogP contribution >= 0.6 is 11.6 Å². The van der Waals surface area contributed by atoms with Crippen LogP contribution in [0.5, 0.6) is 0 Å². The van der Waals surface area contributed by atoms with Crippen molar-refractivity contribution in [1.82, 2.24) is 14.5 Å². The molecule has 1 aliphatic rings. The van der Waals surface area contributed by atoms with Gasteiger partial charge in [0.25, 0.3) is 5.91 Å². The maximum atomic E-state index is 12.9. The number of hydrogen-bond donors (Lipinski definition) is 1. The van der Waals surface area contributed by atoms with E-state index in [1.807, 2.05) is 13.8 Å². The van der Waals surface area contributed by atoms with E-state index >= 15 is 0 Å². The van der Waals surface area contributed by atoms with E-state index in [9.17, 15) is 22.8 Å². The van der Waals surface area contributed by atoms with Crippen molar-refractivity contribution in [2.24, 2.45) is 0 Å². The lowest BCUT2D eigenvalue weighted by atomic mass is 10.2. The van der Waals surface area contributed by atoms with Crippen molar-refractivity contribution in [1.29, 1.82) is 0 Å². The molecule has 0 saturated carbocycles. The third-order valence-electron chi connectivity index (χ3n) is 4.95. The van der Waals surface area contributed by atoms with Crippen LogP contribution in [0.15, 0.2) is 23.1 Å². The van der Waals surface area contributed by atoms with Crippen LogP contribution < -0.4 is 5.32 Å². The Labute approximate surface area is 194 Å².